The minimum atomic E-state index is -0.523. The minimum Gasteiger partial charge on any atom is -0.349 e. The number of nitrogens with one attached hydrogen (secondary N) is 1. The summed E-state index contributed by atoms with van der Waals surface area (Å²) >= 11 is 3.26. The van der Waals surface area contributed by atoms with Crippen LogP contribution in [0.2, 0.25) is 0 Å². The lowest BCUT2D eigenvalue weighted by Crippen LogP contribution is -2.48. The Morgan fingerprint density at radius 1 is 1.08 bits per heavy atom. The van der Waals surface area contributed by atoms with Gasteiger partial charge in [0.05, 0.1) is 5.56 Å². The van der Waals surface area contributed by atoms with E-state index in [4.69, 9.17) is 0 Å². The largest absolute Gasteiger partial charge is 0.349 e. The highest BCUT2D eigenvalue weighted by molar-refractivity contribution is 9.10. The molecule has 0 radical (unpaired) electrons. The fraction of sp³-hybridized carbons (Fsp3) is 0.579. The third kappa shape index (κ3) is 4.60. The summed E-state index contributed by atoms with van der Waals surface area (Å²) in [5.41, 5.74) is 0.0510. The van der Waals surface area contributed by atoms with Crippen LogP contribution in [0.15, 0.2) is 22.7 Å². The molecule has 2 fully saturated rings. The topological polar surface area (TPSA) is 49.4 Å². The van der Waals surface area contributed by atoms with Gasteiger partial charge in [-0.2, -0.15) is 0 Å². The second-order valence-corrected chi connectivity index (χ2v) is 7.95. The first kappa shape index (κ1) is 18.4. The molecular formula is C19H24BrFN2O2. The van der Waals surface area contributed by atoms with E-state index in [0.29, 0.717) is 17.6 Å². The van der Waals surface area contributed by atoms with Crippen LogP contribution in [0.3, 0.4) is 0 Å². The number of carbonyl (C=O) groups excluding carboxylic acids is 2. The predicted molar refractivity (Wildman–Crippen MR) is 97.7 cm³/mol. The monoisotopic (exact) mass is 410 g/mol. The molecule has 4 nitrogen and oxygen atoms in total. The number of nitrogens with zero attached hydrogens (tertiary/aromatic N) is 1. The van der Waals surface area contributed by atoms with Crippen molar-refractivity contribution in [3.63, 3.8) is 0 Å². The number of piperidine rings is 1. The first-order valence-corrected chi connectivity index (χ1v) is 9.88. The first-order chi connectivity index (χ1) is 12.0. The Kier molecular flexibility index (Phi) is 6.10. The molecule has 1 aliphatic carbocycles. The molecule has 2 aliphatic rings. The van der Waals surface area contributed by atoms with Crippen LogP contribution in [0.1, 0.15) is 55.3 Å². The molecule has 3 rings (SSSR count). The molecule has 1 aromatic rings. The lowest BCUT2D eigenvalue weighted by Gasteiger charge is -2.35. The highest BCUT2D eigenvalue weighted by Gasteiger charge is 2.29. The third-order valence-corrected chi connectivity index (χ3v) is 5.76. The molecule has 0 atom stereocenters. The Labute approximate surface area is 156 Å². The van der Waals surface area contributed by atoms with Gasteiger partial charge in [0, 0.05) is 29.5 Å². The van der Waals surface area contributed by atoms with Gasteiger partial charge in [0.25, 0.3) is 5.91 Å². The zero-order valence-corrected chi connectivity index (χ0v) is 15.9. The number of hydrogen-bond acceptors (Lipinski definition) is 2. The zero-order valence-electron chi connectivity index (χ0n) is 14.3. The standard InChI is InChI=1S/C19H24BrFN2O2/c20-14-6-7-17(21)16(12-14)18(24)22-15-8-10-23(11-9-15)19(25)13-4-2-1-3-5-13/h6-7,12-13,15H,1-5,8-11H2,(H,22,24). The second-order valence-electron chi connectivity index (χ2n) is 7.03. The SMILES string of the molecule is O=C(NC1CCN(C(=O)C2CCCCC2)CC1)c1cc(Br)ccc1F. The van der Waals surface area contributed by atoms with Gasteiger partial charge in [0.15, 0.2) is 0 Å². The Hall–Kier alpha value is -1.43. The van der Waals surface area contributed by atoms with Crippen molar-refractivity contribution in [2.24, 2.45) is 5.92 Å². The van der Waals surface area contributed by atoms with Crippen LogP contribution in [-0.2, 0) is 4.79 Å². The Balaban J connectivity index is 1.51. The third-order valence-electron chi connectivity index (χ3n) is 5.27. The maximum Gasteiger partial charge on any atom is 0.254 e. The smallest absolute Gasteiger partial charge is 0.254 e. The zero-order chi connectivity index (χ0) is 17.8. The average Bonchev–Trinajstić information content (AvgIpc) is 2.64. The summed E-state index contributed by atoms with van der Waals surface area (Å²) in [5, 5.41) is 2.90. The van der Waals surface area contributed by atoms with E-state index < -0.39 is 11.7 Å². The van der Waals surface area contributed by atoms with Gasteiger partial charge in [-0.25, -0.2) is 4.39 Å². The average molecular weight is 411 g/mol. The number of hydrogen-bond donors (Lipinski definition) is 1. The van der Waals surface area contributed by atoms with Crippen molar-refractivity contribution in [3.8, 4) is 0 Å². The molecule has 2 amide bonds. The van der Waals surface area contributed by atoms with Crippen molar-refractivity contribution in [1.29, 1.82) is 0 Å². The number of carbonyl (C=O) groups is 2. The van der Waals surface area contributed by atoms with Crippen LogP contribution in [0.25, 0.3) is 0 Å². The van der Waals surface area contributed by atoms with Crippen LogP contribution in [0.4, 0.5) is 4.39 Å². The van der Waals surface area contributed by atoms with Crippen LogP contribution in [0, 0.1) is 11.7 Å². The number of amides is 2. The lowest BCUT2D eigenvalue weighted by molar-refractivity contribution is -0.137. The van der Waals surface area contributed by atoms with Crippen molar-refractivity contribution in [3.05, 3.63) is 34.1 Å². The molecular weight excluding hydrogens is 387 g/mol. The van der Waals surface area contributed by atoms with Gasteiger partial charge in [0.1, 0.15) is 5.82 Å². The van der Waals surface area contributed by atoms with Crippen LogP contribution in [-0.4, -0.2) is 35.8 Å². The molecule has 136 valence electrons. The molecule has 0 spiro atoms. The maximum atomic E-state index is 13.8. The summed E-state index contributed by atoms with van der Waals surface area (Å²) in [6.45, 7) is 1.34. The first-order valence-electron chi connectivity index (χ1n) is 9.09. The molecule has 1 saturated heterocycles. The molecule has 0 unspecified atom stereocenters. The van der Waals surface area contributed by atoms with Gasteiger partial charge in [-0.15, -0.1) is 0 Å². The van der Waals surface area contributed by atoms with E-state index in [0.717, 1.165) is 38.5 Å². The van der Waals surface area contributed by atoms with E-state index in [1.54, 1.807) is 6.07 Å². The van der Waals surface area contributed by atoms with Crippen molar-refractivity contribution in [2.45, 2.75) is 51.0 Å². The van der Waals surface area contributed by atoms with Gasteiger partial charge < -0.3 is 10.2 Å². The summed E-state index contributed by atoms with van der Waals surface area (Å²) < 4.78 is 14.5. The summed E-state index contributed by atoms with van der Waals surface area (Å²) in [7, 11) is 0. The van der Waals surface area contributed by atoms with Gasteiger partial charge in [0.2, 0.25) is 5.91 Å². The van der Waals surface area contributed by atoms with Gasteiger partial charge in [-0.05, 0) is 43.9 Å². The van der Waals surface area contributed by atoms with Crippen molar-refractivity contribution in [2.75, 3.05) is 13.1 Å². The minimum absolute atomic E-state index is 0.0127. The van der Waals surface area contributed by atoms with Gasteiger partial charge in [-0.3, -0.25) is 9.59 Å². The molecule has 1 aliphatic heterocycles. The fourth-order valence-electron chi connectivity index (χ4n) is 3.79. The highest BCUT2D eigenvalue weighted by Crippen LogP contribution is 2.26. The molecule has 1 N–H and O–H groups in total. The number of halogens is 2. The van der Waals surface area contributed by atoms with E-state index in [1.807, 2.05) is 4.90 Å². The van der Waals surface area contributed by atoms with Crippen molar-refractivity contribution in [1.82, 2.24) is 10.2 Å². The van der Waals surface area contributed by atoms with Crippen LogP contribution < -0.4 is 5.32 Å². The molecule has 0 aromatic heterocycles. The molecule has 25 heavy (non-hydrogen) atoms. The molecule has 0 bridgehead atoms. The summed E-state index contributed by atoms with van der Waals surface area (Å²) in [6, 6.07) is 4.33. The van der Waals surface area contributed by atoms with Crippen molar-refractivity contribution >= 4 is 27.7 Å². The Morgan fingerprint density at radius 3 is 2.44 bits per heavy atom. The van der Waals surface area contributed by atoms with E-state index in [2.05, 4.69) is 21.2 Å². The summed E-state index contributed by atoms with van der Waals surface area (Å²) in [5.74, 6) is -0.445. The fourth-order valence-corrected chi connectivity index (χ4v) is 4.15. The second kappa shape index (κ2) is 8.30. The number of rotatable bonds is 3. The normalized spacial score (nSPS) is 19.7. The maximum absolute atomic E-state index is 13.8. The van der Waals surface area contributed by atoms with Crippen LogP contribution >= 0.6 is 15.9 Å². The quantitative estimate of drug-likeness (QED) is 0.821. The predicted octanol–water partition coefficient (Wildman–Crippen LogP) is 3.89. The van der Waals surface area contributed by atoms with Gasteiger partial charge >= 0.3 is 0 Å². The summed E-state index contributed by atoms with van der Waals surface area (Å²) in [6.07, 6.45) is 7.02. The number of benzene rings is 1. The molecule has 1 saturated carbocycles. The Bertz CT molecular complexity index is 638. The number of likely N-dealkylation sites (tertiary alicyclic amines) is 1. The van der Waals surface area contributed by atoms with Gasteiger partial charge in [-0.1, -0.05) is 35.2 Å². The molecule has 1 aromatic carbocycles. The van der Waals surface area contributed by atoms with Crippen LogP contribution in [0.5, 0.6) is 0 Å². The van der Waals surface area contributed by atoms with Crippen molar-refractivity contribution < 1.29 is 14.0 Å². The van der Waals surface area contributed by atoms with E-state index >= 15 is 0 Å². The highest BCUT2D eigenvalue weighted by atomic mass is 79.9. The van der Waals surface area contributed by atoms with E-state index in [-0.39, 0.29) is 23.4 Å². The molecule has 1 heterocycles. The van der Waals surface area contributed by atoms with E-state index in [1.165, 1.54) is 18.6 Å². The lowest BCUT2D eigenvalue weighted by atomic mass is 9.87. The molecule has 6 heteroatoms. The Morgan fingerprint density at radius 2 is 1.76 bits per heavy atom. The van der Waals surface area contributed by atoms with E-state index in [9.17, 15) is 14.0 Å². The summed E-state index contributed by atoms with van der Waals surface area (Å²) in [4.78, 5) is 26.8.